The molecule has 3 aromatic carbocycles. The SMILES string of the molecule is COc1ccc(-n2c(SCC(=O)Nc3cc(C)ccc3C)nnc2-c2ccccc2F)cc1. The number of nitrogens with zero attached hydrogens (tertiary/aromatic N) is 3. The van der Waals surface area contributed by atoms with Crippen molar-refractivity contribution in [1.29, 1.82) is 0 Å². The number of hydrogen-bond acceptors (Lipinski definition) is 5. The fraction of sp³-hybridized carbons (Fsp3) is 0.160. The van der Waals surface area contributed by atoms with E-state index in [1.54, 1.807) is 29.9 Å². The van der Waals surface area contributed by atoms with Gasteiger partial charge in [-0.15, -0.1) is 10.2 Å². The van der Waals surface area contributed by atoms with Gasteiger partial charge in [0.25, 0.3) is 0 Å². The van der Waals surface area contributed by atoms with Crippen LogP contribution >= 0.6 is 11.8 Å². The zero-order chi connectivity index (χ0) is 23.4. The Hall–Kier alpha value is -3.65. The predicted octanol–water partition coefficient (Wildman–Crippen LogP) is 5.43. The van der Waals surface area contributed by atoms with Gasteiger partial charge >= 0.3 is 0 Å². The van der Waals surface area contributed by atoms with E-state index in [1.807, 2.05) is 56.3 Å². The van der Waals surface area contributed by atoms with Gasteiger partial charge in [-0.2, -0.15) is 0 Å². The second-order valence-electron chi connectivity index (χ2n) is 7.47. The van der Waals surface area contributed by atoms with E-state index >= 15 is 0 Å². The second kappa shape index (κ2) is 9.87. The Morgan fingerprint density at radius 2 is 1.82 bits per heavy atom. The van der Waals surface area contributed by atoms with Crippen molar-refractivity contribution in [2.24, 2.45) is 0 Å². The number of thioether (sulfide) groups is 1. The number of hydrogen-bond donors (Lipinski definition) is 1. The Bertz CT molecular complexity index is 1290. The maximum absolute atomic E-state index is 14.6. The second-order valence-corrected chi connectivity index (χ2v) is 8.42. The summed E-state index contributed by atoms with van der Waals surface area (Å²) in [6.45, 7) is 3.93. The van der Waals surface area contributed by atoms with Crippen LogP contribution in [0.3, 0.4) is 0 Å². The minimum atomic E-state index is -0.399. The molecule has 0 spiro atoms. The van der Waals surface area contributed by atoms with Crippen molar-refractivity contribution in [3.63, 3.8) is 0 Å². The molecule has 1 heterocycles. The monoisotopic (exact) mass is 462 g/mol. The minimum Gasteiger partial charge on any atom is -0.497 e. The number of rotatable bonds is 7. The van der Waals surface area contributed by atoms with Gasteiger partial charge in [0.1, 0.15) is 11.6 Å². The van der Waals surface area contributed by atoms with Crippen LogP contribution in [0, 0.1) is 19.7 Å². The molecule has 1 N–H and O–H groups in total. The van der Waals surface area contributed by atoms with Crippen LogP contribution in [-0.4, -0.2) is 33.5 Å². The Balaban J connectivity index is 1.63. The first-order chi connectivity index (χ1) is 16.0. The molecule has 0 aliphatic carbocycles. The molecule has 4 rings (SSSR count). The predicted molar refractivity (Wildman–Crippen MR) is 129 cm³/mol. The quantitative estimate of drug-likeness (QED) is 0.371. The van der Waals surface area contributed by atoms with Crippen molar-refractivity contribution in [3.8, 4) is 22.8 Å². The van der Waals surface area contributed by atoms with E-state index in [0.29, 0.717) is 22.3 Å². The molecule has 0 aliphatic heterocycles. The summed E-state index contributed by atoms with van der Waals surface area (Å²) >= 11 is 1.23. The molecule has 33 heavy (non-hydrogen) atoms. The molecule has 0 unspecified atom stereocenters. The number of nitrogens with one attached hydrogen (secondary N) is 1. The summed E-state index contributed by atoms with van der Waals surface area (Å²) in [6.07, 6.45) is 0. The van der Waals surface area contributed by atoms with E-state index in [9.17, 15) is 9.18 Å². The third-order valence-corrected chi connectivity index (χ3v) is 6.01. The third-order valence-electron chi connectivity index (χ3n) is 5.08. The molecule has 0 saturated heterocycles. The summed E-state index contributed by atoms with van der Waals surface area (Å²) in [7, 11) is 1.59. The van der Waals surface area contributed by atoms with E-state index in [4.69, 9.17) is 4.74 Å². The molecule has 0 saturated carbocycles. The third kappa shape index (κ3) is 5.06. The highest BCUT2D eigenvalue weighted by molar-refractivity contribution is 7.99. The van der Waals surface area contributed by atoms with Gasteiger partial charge in [-0.25, -0.2) is 4.39 Å². The number of ether oxygens (including phenoxy) is 1. The fourth-order valence-corrected chi connectivity index (χ4v) is 4.08. The topological polar surface area (TPSA) is 69.0 Å². The smallest absolute Gasteiger partial charge is 0.234 e. The van der Waals surface area contributed by atoms with E-state index in [1.165, 1.54) is 17.8 Å². The van der Waals surface area contributed by atoms with E-state index in [-0.39, 0.29) is 11.7 Å². The number of carbonyl (C=O) groups excluding carboxylic acids is 1. The molecule has 0 fully saturated rings. The highest BCUT2D eigenvalue weighted by atomic mass is 32.2. The van der Waals surface area contributed by atoms with Crippen LogP contribution in [0.1, 0.15) is 11.1 Å². The number of benzene rings is 3. The minimum absolute atomic E-state index is 0.124. The number of aryl methyl sites for hydroxylation is 2. The number of amides is 1. The molecular formula is C25H23FN4O2S. The van der Waals surface area contributed by atoms with Gasteiger partial charge in [-0.1, -0.05) is 36.0 Å². The average Bonchev–Trinajstić information content (AvgIpc) is 3.24. The normalized spacial score (nSPS) is 10.8. The van der Waals surface area contributed by atoms with Crippen LogP contribution in [0.15, 0.2) is 71.9 Å². The van der Waals surface area contributed by atoms with Crippen LogP contribution in [0.2, 0.25) is 0 Å². The number of methoxy groups -OCH3 is 1. The molecule has 0 atom stereocenters. The summed E-state index contributed by atoms with van der Waals surface area (Å²) in [5.74, 6) is 0.616. The maximum atomic E-state index is 14.6. The van der Waals surface area contributed by atoms with E-state index < -0.39 is 5.82 Å². The summed E-state index contributed by atoms with van der Waals surface area (Å²) in [6, 6.07) is 19.6. The van der Waals surface area contributed by atoms with Crippen molar-refractivity contribution < 1.29 is 13.9 Å². The molecule has 0 radical (unpaired) electrons. The Kier molecular flexibility index (Phi) is 6.74. The molecular weight excluding hydrogens is 439 g/mol. The lowest BCUT2D eigenvalue weighted by Gasteiger charge is -2.12. The van der Waals surface area contributed by atoms with E-state index in [0.717, 1.165) is 22.5 Å². The van der Waals surface area contributed by atoms with Gasteiger partial charge in [0.15, 0.2) is 11.0 Å². The number of halogens is 1. The standard InChI is InChI=1S/C25H23FN4O2S/c1-16-8-9-17(2)22(14-16)27-23(31)15-33-25-29-28-24(20-6-4-5-7-21(20)26)30(25)18-10-12-19(32-3)13-11-18/h4-14H,15H2,1-3H3,(H,27,31). The average molecular weight is 463 g/mol. The molecule has 8 heteroatoms. The summed E-state index contributed by atoms with van der Waals surface area (Å²) in [4.78, 5) is 12.6. The Morgan fingerprint density at radius 3 is 2.55 bits per heavy atom. The van der Waals surface area contributed by atoms with Crippen LogP contribution < -0.4 is 10.1 Å². The largest absolute Gasteiger partial charge is 0.497 e. The molecule has 6 nitrogen and oxygen atoms in total. The zero-order valence-corrected chi connectivity index (χ0v) is 19.3. The zero-order valence-electron chi connectivity index (χ0n) is 18.5. The summed E-state index contributed by atoms with van der Waals surface area (Å²) < 4.78 is 21.5. The Labute approximate surface area is 195 Å². The molecule has 4 aromatic rings. The molecule has 1 amide bonds. The number of aromatic nitrogens is 3. The fourth-order valence-electron chi connectivity index (χ4n) is 3.33. The lowest BCUT2D eigenvalue weighted by atomic mass is 10.1. The molecule has 0 bridgehead atoms. The van der Waals surface area contributed by atoms with Gasteiger partial charge in [0.2, 0.25) is 5.91 Å². The molecule has 168 valence electrons. The van der Waals surface area contributed by atoms with Gasteiger partial charge in [-0.05, 0) is 67.4 Å². The van der Waals surface area contributed by atoms with Gasteiger partial charge < -0.3 is 10.1 Å². The van der Waals surface area contributed by atoms with Crippen LogP contribution in [0.4, 0.5) is 10.1 Å². The number of anilines is 1. The van der Waals surface area contributed by atoms with Crippen molar-refractivity contribution in [2.45, 2.75) is 19.0 Å². The van der Waals surface area contributed by atoms with E-state index in [2.05, 4.69) is 15.5 Å². The number of carbonyl (C=O) groups is 1. The maximum Gasteiger partial charge on any atom is 0.234 e. The highest BCUT2D eigenvalue weighted by Gasteiger charge is 2.19. The first-order valence-electron chi connectivity index (χ1n) is 10.3. The van der Waals surface area contributed by atoms with Crippen molar-refractivity contribution in [3.05, 3.63) is 83.7 Å². The first kappa shape index (κ1) is 22.5. The van der Waals surface area contributed by atoms with Crippen molar-refractivity contribution in [2.75, 3.05) is 18.2 Å². The molecule has 1 aromatic heterocycles. The van der Waals surface area contributed by atoms with Crippen molar-refractivity contribution in [1.82, 2.24) is 14.8 Å². The highest BCUT2D eigenvalue weighted by Crippen LogP contribution is 2.30. The Morgan fingerprint density at radius 1 is 1.06 bits per heavy atom. The van der Waals surface area contributed by atoms with Crippen LogP contribution in [0.5, 0.6) is 5.75 Å². The summed E-state index contributed by atoms with van der Waals surface area (Å²) in [5.41, 5.74) is 3.90. The summed E-state index contributed by atoms with van der Waals surface area (Å²) in [5, 5.41) is 11.9. The van der Waals surface area contributed by atoms with Crippen LogP contribution in [-0.2, 0) is 4.79 Å². The molecule has 0 aliphatic rings. The van der Waals surface area contributed by atoms with Crippen molar-refractivity contribution >= 4 is 23.4 Å². The van der Waals surface area contributed by atoms with Crippen LogP contribution in [0.25, 0.3) is 17.1 Å². The lowest BCUT2D eigenvalue weighted by Crippen LogP contribution is -2.15. The van der Waals surface area contributed by atoms with Gasteiger partial charge in [0.05, 0.1) is 24.1 Å². The first-order valence-corrected chi connectivity index (χ1v) is 11.3. The van der Waals surface area contributed by atoms with Gasteiger partial charge in [-0.3, -0.25) is 9.36 Å². The van der Waals surface area contributed by atoms with Gasteiger partial charge in [0, 0.05) is 5.69 Å². The lowest BCUT2D eigenvalue weighted by molar-refractivity contribution is -0.113.